The van der Waals surface area contributed by atoms with E-state index in [-0.39, 0.29) is 6.61 Å². The summed E-state index contributed by atoms with van der Waals surface area (Å²) in [6.45, 7) is -0.0260. The number of carbonyl (C=O) groups excluding carboxylic acids is 1. The number of aliphatic hydroxyl groups excluding tert-OH is 1. The average Bonchev–Trinajstić information content (AvgIpc) is 2.59. The van der Waals surface area contributed by atoms with Gasteiger partial charge >= 0.3 is 0 Å². The van der Waals surface area contributed by atoms with Crippen molar-refractivity contribution in [2.24, 2.45) is 0 Å². The Hall–Kier alpha value is -1.39. The minimum absolute atomic E-state index is 0.0260. The number of anilines is 1. The van der Waals surface area contributed by atoms with Gasteiger partial charge in [0.25, 0.3) is 0 Å². The number of benzene rings is 1. The molecule has 0 radical (unpaired) electrons. The number of hydrogen-bond donors (Lipinski definition) is 2. The zero-order valence-electron chi connectivity index (χ0n) is 7.36. The second-order valence-corrected chi connectivity index (χ2v) is 3.90. The standard InChI is InChI=1S/C10H9NO2S/c11-8-1-6(3-12)10-9(2-8)7(4-13)5-14-10/h1-3,5,13H,4,11H2. The molecule has 1 aromatic heterocycles. The summed E-state index contributed by atoms with van der Waals surface area (Å²) in [6, 6.07) is 3.43. The largest absolute Gasteiger partial charge is 0.399 e. The molecule has 0 spiro atoms. The third kappa shape index (κ3) is 1.29. The van der Waals surface area contributed by atoms with Gasteiger partial charge in [-0.3, -0.25) is 4.79 Å². The predicted molar refractivity (Wildman–Crippen MR) is 57.5 cm³/mol. The van der Waals surface area contributed by atoms with Crippen LogP contribution in [0.15, 0.2) is 17.5 Å². The molecule has 0 bridgehead atoms. The van der Waals surface area contributed by atoms with Gasteiger partial charge in [-0.2, -0.15) is 0 Å². The monoisotopic (exact) mass is 207 g/mol. The van der Waals surface area contributed by atoms with E-state index in [1.165, 1.54) is 11.3 Å². The van der Waals surface area contributed by atoms with Crippen molar-refractivity contribution in [2.75, 3.05) is 5.73 Å². The fourth-order valence-corrected chi connectivity index (χ4v) is 2.47. The van der Waals surface area contributed by atoms with Gasteiger partial charge in [0.1, 0.15) is 0 Å². The Bertz CT molecular complexity index is 490. The Labute approximate surface area is 84.8 Å². The summed E-state index contributed by atoms with van der Waals surface area (Å²) in [6.07, 6.45) is 0.788. The van der Waals surface area contributed by atoms with E-state index in [0.717, 1.165) is 21.9 Å². The summed E-state index contributed by atoms with van der Waals surface area (Å²) < 4.78 is 0.887. The van der Waals surface area contributed by atoms with Crippen LogP contribution in [-0.4, -0.2) is 11.4 Å². The molecule has 0 amide bonds. The zero-order chi connectivity index (χ0) is 10.1. The number of nitrogen functional groups attached to an aromatic ring is 1. The van der Waals surface area contributed by atoms with Gasteiger partial charge in [-0.1, -0.05) is 0 Å². The van der Waals surface area contributed by atoms with Crippen LogP contribution in [-0.2, 0) is 6.61 Å². The molecule has 4 heteroatoms. The highest BCUT2D eigenvalue weighted by atomic mass is 32.1. The number of nitrogens with two attached hydrogens (primary N) is 1. The van der Waals surface area contributed by atoms with Gasteiger partial charge in [-0.25, -0.2) is 0 Å². The maximum Gasteiger partial charge on any atom is 0.151 e. The molecule has 0 fully saturated rings. The van der Waals surface area contributed by atoms with Gasteiger partial charge in [-0.15, -0.1) is 11.3 Å². The van der Waals surface area contributed by atoms with Crippen molar-refractivity contribution in [2.45, 2.75) is 6.61 Å². The lowest BCUT2D eigenvalue weighted by Crippen LogP contribution is -1.89. The van der Waals surface area contributed by atoms with E-state index in [1.54, 1.807) is 12.1 Å². The van der Waals surface area contributed by atoms with Crippen LogP contribution < -0.4 is 5.73 Å². The van der Waals surface area contributed by atoms with Crippen LogP contribution in [0.4, 0.5) is 5.69 Å². The second-order valence-electron chi connectivity index (χ2n) is 3.02. The summed E-state index contributed by atoms with van der Waals surface area (Å²) in [7, 11) is 0. The number of carbonyl (C=O) groups is 1. The lowest BCUT2D eigenvalue weighted by Gasteiger charge is -1.99. The number of aliphatic hydroxyl groups is 1. The van der Waals surface area contributed by atoms with E-state index in [4.69, 9.17) is 10.8 Å². The minimum Gasteiger partial charge on any atom is -0.399 e. The Morgan fingerprint density at radius 2 is 2.29 bits per heavy atom. The molecule has 2 rings (SSSR count). The van der Waals surface area contributed by atoms with E-state index in [9.17, 15) is 4.79 Å². The first-order valence-electron chi connectivity index (χ1n) is 4.12. The highest BCUT2D eigenvalue weighted by molar-refractivity contribution is 7.17. The summed E-state index contributed by atoms with van der Waals surface area (Å²) in [4.78, 5) is 10.8. The van der Waals surface area contributed by atoms with Gasteiger partial charge in [0.15, 0.2) is 6.29 Å². The van der Waals surface area contributed by atoms with Crippen LogP contribution in [0, 0.1) is 0 Å². The van der Waals surface area contributed by atoms with Crippen molar-refractivity contribution in [3.63, 3.8) is 0 Å². The Morgan fingerprint density at radius 3 is 2.93 bits per heavy atom. The number of fused-ring (bicyclic) bond motifs is 1. The second kappa shape index (κ2) is 3.40. The van der Waals surface area contributed by atoms with Crippen molar-refractivity contribution in [3.8, 4) is 0 Å². The predicted octanol–water partition coefficient (Wildman–Crippen LogP) is 1.79. The van der Waals surface area contributed by atoms with Crippen LogP contribution in [0.1, 0.15) is 15.9 Å². The fraction of sp³-hybridized carbons (Fsp3) is 0.100. The molecule has 72 valence electrons. The third-order valence-electron chi connectivity index (χ3n) is 2.10. The number of aldehydes is 1. The van der Waals surface area contributed by atoms with Gasteiger partial charge in [0, 0.05) is 21.3 Å². The van der Waals surface area contributed by atoms with E-state index in [2.05, 4.69) is 0 Å². The molecule has 0 aliphatic rings. The van der Waals surface area contributed by atoms with Gasteiger partial charge in [-0.05, 0) is 23.1 Å². The molecule has 3 N–H and O–H groups in total. The van der Waals surface area contributed by atoms with Gasteiger partial charge < -0.3 is 10.8 Å². The number of rotatable bonds is 2. The minimum atomic E-state index is -0.0260. The summed E-state index contributed by atoms with van der Waals surface area (Å²) in [5.41, 5.74) is 7.60. The van der Waals surface area contributed by atoms with E-state index in [1.807, 2.05) is 5.38 Å². The molecule has 0 aliphatic carbocycles. The molecule has 0 saturated carbocycles. The quantitative estimate of drug-likeness (QED) is 0.583. The van der Waals surface area contributed by atoms with E-state index < -0.39 is 0 Å². The number of thiophene rings is 1. The molecule has 0 aliphatic heterocycles. The Balaban J connectivity index is 2.83. The van der Waals surface area contributed by atoms with Crippen LogP contribution in [0.3, 0.4) is 0 Å². The van der Waals surface area contributed by atoms with Gasteiger partial charge in [0.2, 0.25) is 0 Å². The van der Waals surface area contributed by atoms with Crippen molar-refractivity contribution >= 4 is 33.4 Å². The Morgan fingerprint density at radius 1 is 1.50 bits per heavy atom. The molecule has 0 saturated heterocycles. The highest BCUT2D eigenvalue weighted by Crippen LogP contribution is 2.30. The zero-order valence-corrected chi connectivity index (χ0v) is 8.17. The smallest absolute Gasteiger partial charge is 0.151 e. The lowest BCUT2D eigenvalue weighted by molar-refractivity contribution is 0.112. The summed E-state index contributed by atoms with van der Waals surface area (Å²) in [5, 5.41) is 11.8. The molecule has 2 aromatic rings. The maximum atomic E-state index is 10.8. The molecular weight excluding hydrogens is 198 g/mol. The van der Waals surface area contributed by atoms with E-state index in [0.29, 0.717) is 11.3 Å². The first-order valence-corrected chi connectivity index (χ1v) is 5.00. The molecular formula is C10H9NO2S. The average molecular weight is 207 g/mol. The van der Waals surface area contributed by atoms with Crippen LogP contribution in [0.2, 0.25) is 0 Å². The van der Waals surface area contributed by atoms with Crippen LogP contribution in [0.25, 0.3) is 10.1 Å². The summed E-state index contributed by atoms with van der Waals surface area (Å²) in [5.74, 6) is 0. The molecule has 1 aromatic carbocycles. The number of hydrogen-bond acceptors (Lipinski definition) is 4. The van der Waals surface area contributed by atoms with Crippen molar-refractivity contribution < 1.29 is 9.90 Å². The highest BCUT2D eigenvalue weighted by Gasteiger charge is 2.08. The maximum absolute atomic E-state index is 10.8. The van der Waals surface area contributed by atoms with Gasteiger partial charge in [0.05, 0.1) is 6.61 Å². The SMILES string of the molecule is Nc1cc(C=O)c2scc(CO)c2c1. The topological polar surface area (TPSA) is 63.3 Å². The molecule has 3 nitrogen and oxygen atoms in total. The normalized spacial score (nSPS) is 10.6. The van der Waals surface area contributed by atoms with E-state index >= 15 is 0 Å². The van der Waals surface area contributed by atoms with Crippen molar-refractivity contribution in [1.29, 1.82) is 0 Å². The van der Waals surface area contributed by atoms with Crippen LogP contribution >= 0.6 is 11.3 Å². The van der Waals surface area contributed by atoms with Crippen LogP contribution in [0.5, 0.6) is 0 Å². The lowest BCUT2D eigenvalue weighted by atomic mass is 10.1. The Kier molecular flexibility index (Phi) is 2.23. The fourth-order valence-electron chi connectivity index (χ4n) is 1.45. The molecule has 0 unspecified atom stereocenters. The van der Waals surface area contributed by atoms with Crippen molar-refractivity contribution in [1.82, 2.24) is 0 Å². The summed E-state index contributed by atoms with van der Waals surface area (Å²) >= 11 is 1.45. The first kappa shape index (κ1) is 9.18. The molecule has 14 heavy (non-hydrogen) atoms. The third-order valence-corrected chi connectivity index (χ3v) is 3.20. The first-order chi connectivity index (χ1) is 6.76. The molecule has 0 atom stereocenters. The molecule has 1 heterocycles. The van der Waals surface area contributed by atoms with Crippen molar-refractivity contribution in [3.05, 3.63) is 28.6 Å².